The van der Waals surface area contributed by atoms with Crippen molar-refractivity contribution in [3.05, 3.63) is 24.2 Å². The molecule has 150 valence electrons. The Kier molecular flexibility index (Phi) is 4.64. The Bertz CT molecular complexity index is 1030. The van der Waals surface area contributed by atoms with Gasteiger partial charge in [-0.05, 0) is 44.9 Å². The zero-order valence-corrected chi connectivity index (χ0v) is 16.5. The molecule has 9 nitrogen and oxygen atoms in total. The van der Waals surface area contributed by atoms with Crippen LogP contribution in [0.1, 0.15) is 50.3 Å². The maximum Gasteiger partial charge on any atom is 0.179 e. The number of anilines is 2. The minimum Gasteiger partial charge on any atom is -0.322 e. The van der Waals surface area contributed by atoms with Crippen LogP contribution in [-0.4, -0.2) is 42.0 Å². The number of nitrogens with zero attached hydrogens (tertiary/aromatic N) is 6. The summed E-state index contributed by atoms with van der Waals surface area (Å²) in [5, 5.41) is 27.6. The van der Waals surface area contributed by atoms with Gasteiger partial charge in [-0.3, -0.25) is 5.10 Å². The van der Waals surface area contributed by atoms with Crippen LogP contribution in [0.4, 0.5) is 11.6 Å². The molecule has 2 saturated heterocycles. The van der Waals surface area contributed by atoms with Crippen molar-refractivity contribution in [2.45, 2.75) is 63.6 Å². The van der Waals surface area contributed by atoms with E-state index in [1.165, 1.54) is 0 Å². The molecule has 2 aliphatic heterocycles. The summed E-state index contributed by atoms with van der Waals surface area (Å²) in [6, 6.07) is 5.51. The average molecular weight is 391 g/mol. The van der Waals surface area contributed by atoms with Crippen molar-refractivity contribution < 1.29 is 0 Å². The molecule has 2 fully saturated rings. The normalized spacial score (nSPS) is 26.3. The Balaban J connectivity index is 1.35. The summed E-state index contributed by atoms with van der Waals surface area (Å²) in [6.07, 6.45) is 9.57. The lowest BCUT2D eigenvalue weighted by molar-refractivity contribution is 0.139. The van der Waals surface area contributed by atoms with Gasteiger partial charge in [0.25, 0.3) is 0 Å². The first kappa shape index (κ1) is 18.1. The molecule has 1 unspecified atom stereocenters. The Morgan fingerprint density at radius 3 is 2.76 bits per heavy atom. The number of aromatic amines is 1. The molecular formula is C20H25N9. The first-order valence-electron chi connectivity index (χ1n) is 10.3. The van der Waals surface area contributed by atoms with Gasteiger partial charge < -0.3 is 10.6 Å². The van der Waals surface area contributed by atoms with Crippen molar-refractivity contribution in [2.75, 3.05) is 5.32 Å². The first-order valence-corrected chi connectivity index (χ1v) is 10.3. The quantitative estimate of drug-likeness (QED) is 0.611. The van der Waals surface area contributed by atoms with E-state index >= 15 is 0 Å². The number of nitriles is 1. The van der Waals surface area contributed by atoms with E-state index in [0.29, 0.717) is 36.3 Å². The van der Waals surface area contributed by atoms with Gasteiger partial charge in [-0.2, -0.15) is 15.5 Å². The lowest BCUT2D eigenvalue weighted by atomic mass is 9.77. The summed E-state index contributed by atoms with van der Waals surface area (Å²) in [4.78, 5) is 9.31. The second kappa shape index (κ2) is 7.44. The molecule has 2 bridgehead atoms. The summed E-state index contributed by atoms with van der Waals surface area (Å²) in [6.45, 7) is 1.96. The number of aryl methyl sites for hydroxylation is 1. The Morgan fingerprint density at radius 1 is 1.21 bits per heavy atom. The molecule has 4 atom stereocenters. The van der Waals surface area contributed by atoms with Gasteiger partial charge in [0.2, 0.25) is 0 Å². The number of piperidine rings is 2. The monoisotopic (exact) mass is 391 g/mol. The molecule has 0 aromatic carbocycles. The molecular weight excluding hydrogens is 366 g/mol. The van der Waals surface area contributed by atoms with Crippen LogP contribution < -0.4 is 10.6 Å². The van der Waals surface area contributed by atoms with E-state index in [1.807, 2.05) is 13.0 Å². The topological polar surface area (TPSA) is 120 Å². The minimum absolute atomic E-state index is 0.317. The zero-order valence-electron chi connectivity index (χ0n) is 16.5. The molecule has 0 radical (unpaired) electrons. The number of aromatic nitrogens is 6. The highest BCUT2D eigenvalue weighted by molar-refractivity contribution is 5.72. The zero-order chi connectivity index (χ0) is 19.8. The maximum atomic E-state index is 8.88. The SMILES string of the molecule is Cc1cc(Nc2cnc3cnn([C@@H]4C[C@H]5CC(CCC#N)C[C@@H](C4)N5)c3n2)n[nH]1. The third kappa shape index (κ3) is 3.68. The highest BCUT2D eigenvalue weighted by atomic mass is 15.3. The van der Waals surface area contributed by atoms with Crippen LogP contribution in [0.15, 0.2) is 18.5 Å². The van der Waals surface area contributed by atoms with Gasteiger partial charge >= 0.3 is 0 Å². The highest BCUT2D eigenvalue weighted by Gasteiger charge is 2.36. The molecule has 3 aromatic rings. The van der Waals surface area contributed by atoms with E-state index < -0.39 is 0 Å². The van der Waals surface area contributed by atoms with E-state index in [0.717, 1.165) is 54.8 Å². The molecule has 2 aliphatic rings. The molecule has 0 aliphatic carbocycles. The maximum absolute atomic E-state index is 8.88. The van der Waals surface area contributed by atoms with Crippen molar-refractivity contribution in [3.63, 3.8) is 0 Å². The van der Waals surface area contributed by atoms with E-state index in [9.17, 15) is 0 Å². The van der Waals surface area contributed by atoms with Crippen molar-refractivity contribution in [1.82, 2.24) is 35.3 Å². The molecule has 3 aromatic heterocycles. The summed E-state index contributed by atoms with van der Waals surface area (Å²) >= 11 is 0. The number of H-pyrrole nitrogens is 1. The number of nitrogens with one attached hydrogen (secondary N) is 3. The van der Waals surface area contributed by atoms with E-state index in [4.69, 9.17) is 10.2 Å². The van der Waals surface area contributed by atoms with E-state index in [-0.39, 0.29) is 0 Å². The lowest BCUT2D eigenvalue weighted by Crippen LogP contribution is -2.51. The third-order valence-corrected chi connectivity index (χ3v) is 6.10. The fourth-order valence-electron chi connectivity index (χ4n) is 4.92. The predicted octanol–water partition coefficient (Wildman–Crippen LogP) is 2.98. The second-order valence-corrected chi connectivity index (χ2v) is 8.33. The number of hydrogen-bond acceptors (Lipinski definition) is 7. The van der Waals surface area contributed by atoms with Crippen molar-refractivity contribution in [3.8, 4) is 6.07 Å². The summed E-state index contributed by atoms with van der Waals surface area (Å²) in [5.74, 6) is 2.05. The van der Waals surface area contributed by atoms with Crippen LogP contribution in [0, 0.1) is 24.2 Å². The smallest absolute Gasteiger partial charge is 0.179 e. The molecule has 29 heavy (non-hydrogen) atoms. The van der Waals surface area contributed by atoms with Gasteiger partial charge in [0.1, 0.15) is 5.52 Å². The number of fused-ring (bicyclic) bond motifs is 3. The molecule has 0 spiro atoms. The largest absolute Gasteiger partial charge is 0.322 e. The van der Waals surface area contributed by atoms with Gasteiger partial charge in [-0.15, -0.1) is 0 Å². The number of rotatable bonds is 5. The predicted molar refractivity (Wildman–Crippen MR) is 108 cm³/mol. The van der Waals surface area contributed by atoms with Crippen molar-refractivity contribution >= 4 is 22.8 Å². The Labute approximate surface area is 168 Å². The summed E-state index contributed by atoms with van der Waals surface area (Å²) in [5.41, 5.74) is 2.61. The molecule has 0 saturated carbocycles. The van der Waals surface area contributed by atoms with Gasteiger partial charge in [-0.1, -0.05) is 0 Å². The second-order valence-electron chi connectivity index (χ2n) is 8.33. The van der Waals surface area contributed by atoms with Crippen LogP contribution in [-0.2, 0) is 0 Å². The molecule has 9 heteroatoms. The molecule has 5 rings (SSSR count). The van der Waals surface area contributed by atoms with Gasteiger partial charge in [0, 0.05) is 30.3 Å². The molecule has 3 N–H and O–H groups in total. The fraction of sp³-hybridized carbons (Fsp3) is 0.550. The van der Waals surface area contributed by atoms with Crippen LogP contribution in [0.3, 0.4) is 0 Å². The van der Waals surface area contributed by atoms with Gasteiger partial charge in [-0.25, -0.2) is 14.6 Å². The van der Waals surface area contributed by atoms with E-state index in [1.54, 1.807) is 12.4 Å². The summed E-state index contributed by atoms with van der Waals surface area (Å²) in [7, 11) is 0. The lowest BCUT2D eigenvalue weighted by Gasteiger charge is -2.43. The third-order valence-electron chi connectivity index (χ3n) is 6.10. The minimum atomic E-state index is 0.317. The van der Waals surface area contributed by atoms with E-state index in [2.05, 4.69) is 41.7 Å². The molecule has 5 heterocycles. The molecule has 0 amide bonds. The average Bonchev–Trinajstić information content (AvgIpc) is 3.31. The summed E-state index contributed by atoms with van der Waals surface area (Å²) < 4.78 is 2.06. The van der Waals surface area contributed by atoms with Crippen molar-refractivity contribution in [2.24, 2.45) is 5.92 Å². The van der Waals surface area contributed by atoms with Crippen LogP contribution in [0.2, 0.25) is 0 Å². The number of hydrogen-bond donors (Lipinski definition) is 3. The first-order chi connectivity index (χ1) is 14.2. The van der Waals surface area contributed by atoms with Gasteiger partial charge in [0.05, 0.1) is 24.5 Å². The van der Waals surface area contributed by atoms with Crippen LogP contribution in [0.25, 0.3) is 11.2 Å². The fourth-order valence-corrected chi connectivity index (χ4v) is 4.92. The van der Waals surface area contributed by atoms with Crippen LogP contribution >= 0.6 is 0 Å². The Hall–Kier alpha value is -2.99. The van der Waals surface area contributed by atoms with Gasteiger partial charge in [0.15, 0.2) is 17.3 Å². The highest BCUT2D eigenvalue weighted by Crippen LogP contribution is 2.37. The standard InChI is InChI=1S/C20H25N9/c1-12-5-18(28-27-12)25-19-11-22-17-10-23-29(20(17)26-19)16-8-14-6-13(3-2-4-21)7-15(9-16)24-14/h5,10-11,13-16,24H,2-3,6-9H2,1H3,(H2,25,26,27,28)/t13?,14-,15+,16-. The van der Waals surface area contributed by atoms with Crippen molar-refractivity contribution in [1.29, 1.82) is 5.26 Å². The van der Waals surface area contributed by atoms with Crippen LogP contribution in [0.5, 0.6) is 0 Å². The Morgan fingerprint density at radius 2 is 2.03 bits per heavy atom.